The second-order valence-electron chi connectivity index (χ2n) is 2.89. The third kappa shape index (κ3) is 4.11. The predicted molar refractivity (Wildman–Crippen MR) is 58.8 cm³/mol. The molecule has 0 radical (unpaired) electrons. The molecule has 1 rings (SSSR count). The van der Waals surface area contributed by atoms with E-state index in [1.54, 1.807) is 12.2 Å². The molecule has 0 aliphatic carbocycles. The predicted octanol–water partition coefficient (Wildman–Crippen LogP) is 0.902. The first-order chi connectivity index (χ1) is 6.86. The molecule has 1 heterocycles. The van der Waals surface area contributed by atoms with Crippen LogP contribution in [0.3, 0.4) is 0 Å². The van der Waals surface area contributed by atoms with Gasteiger partial charge < -0.3 is 0 Å². The minimum Gasteiger partial charge on any atom is -0.211 e. The molecule has 0 bridgehead atoms. The van der Waals surface area contributed by atoms with Crippen LogP contribution in [0.2, 0.25) is 0 Å². The molecule has 6 heteroatoms. The topological polar surface area (TPSA) is 58.9 Å². The van der Waals surface area contributed by atoms with E-state index < -0.39 is 0 Å². The second kappa shape index (κ2) is 6.85. The van der Waals surface area contributed by atoms with Gasteiger partial charge >= 0.3 is 0 Å². The zero-order chi connectivity index (χ0) is 10.2. The molecule has 1 aliphatic heterocycles. The first kappa shape index (κ1) is 11.5. The number of rotatable bonds is 4. The quantitative estimate of drug-likeness (QED) is 0.312. The van der Waals surface area contributed by atoms with Gasteiger partial charge in [0.1, 0.15) is 5.75 Å². The van der Waals surface area contributed by atoms with Crippen LogP contribution in [-0.2, 0) is 19.5 Å². The average Bonchev–Trinajstić information content (AvgIpc) is 2.25. The summed E-state index contributed by atoms with van der Waals surface area (Å²) < 4.78 is 0. The van der Waals surface area contributed by atoms with Crippen LogP contribution >= 0.6 is 10.8 Å². The van der Waals surface area contributed by atoms with Gasteiger partial charge in [-0.1, -0.05) is 0 Å². The molecular formula is C8H11N2O2S2+. The lowest BCUT2D eigenvalue weighted by atomic mass is 10.1. The highest BCUT2D eigenvalue weighted by Crippen LogP contribution is 2.29. The number of aliphatic imine (C=N–C) groups is 2. The molecule has 4 nitrogen and oxygen atoms in total. The van der Waals surface area contributed by atoms with Crippen LogP contribution in [0, 0.1) is 5.92 Å². The van der Waals surface area contributed by atoms with E-state index in [4.69, 9.17) is 0 Å². The van der Waals surface area contributed by atoms with Gasteiger partial charge in [0, 0.05) is 5.75 Å². The number of hydrogen-bond acceptors (Lipinski definition) is 5. The van der Waals surface area contributed by atoms with E-state index >= 15 is 0 Å². The van der Waals surface area contributed by atoms with Gasteiger partial charge in [-0.15, -0.1) is 0 Å². The molecule has 1 fully saturated rings. The van der Waals surface area contributed by atoms with Crippen molar-refractivity contribution in [1.82, 2.24) is 0 Å². The Bertz CT molecular complexity index is 237. The van der Waals surface area contributed by atoms with Gasteiger partial charge in [-0.25, -0.2) is 14.6 Å². The molecule has 0 aromatic rings. The first-order valence-corrected chi connectivity index (χ1v) is 7.31. The third-order valence-corrected chi connectivity index (χ3v) is 6.18. The fraction of sp³-hybridized carbons (Fsp3) is 0.750. The number of isocyanates is 2. The Labute approximate surface area is 89.0 Å². The van der Waals surface area contributed by atoms with Crippen molar-refractivity contribution in [3.8, 4) is 0 Å². The largest absolute Gasteiger partial charge is 0.239 e. The fourth-order valence-electron chi connectivity index (χ4n) is 1.14. The minimum atomic E-state index is 0.177. The molecular weight excluding hydrogens is 220 g/mol. The van der Waals surface area contributed by atoms with E-state index in [1.165, 1.54) is 0 Å². The summed E-state index contributed by atoms with van der Waals surface area (Å²) in [6.45, 7) is 0.588. The van der Waals surface area contributed by atoms with E-state index in [0.717, 1.165) is 17.9 Å². The van der Waals surface area contributed by atoms with Crippen LogP contribution in [0.5, 0.6) is 0 Å². The van der Waals surface area contributed by atoms with E-state index in [-0.39, 0.29) is 9.93 Å². The van der Waals surface area contributed by atoms with Crippen LogP contribution in [0.1, 0.15) is 6.42 Å². The van der Waals surface area contributed by atoms with Crippen molar-refractivity contribution in [2.75, 3.05) is 23.9 Å². The first-order valence-electron chi connectivity index (χ1n) is 4.25. The number of hydrogen-bond donors (Lipinski definition) is 0. The van der Waals surface area contributed by atoms with Crippen molar-refractivity contribution in [2.45, 2.75) is 6.42 Å². The maximum atomic E-state index is 9.90. The molecule has 1 aliphatic rings. The van der Waals surface area contributed by atoms with Crippen molar-refractivity contribution >= 4 is 32.9 Å². The fourth-order valence-corrected chi connectivity index (χ4v) is 5.09. The normalized spacial score (nSPS) is 26.0. The Morgan fingerprint density at radius 3 is 2.71 bits per heavy atom. The van der Waals surface area contributed by atoms with Crippen molar-refractivity contribution in [1.29, 1.82) is 0 Å². The number of nitrogens with zero attached hydrogens (tertiary/aromatic N) is 2. The van der Waals surface area contributed by atoms with Crippen molar-refractivity contribution in [2.24, 2.45) is 15.9 Å². The molecule has 0 amide bonds. The SMILES string of the molecule is O=C=NCC1CC[S+](CN=C=O)SC1. The molecule has 0 spiro atoms. The Balaban J connectivity index is 2.23. The average molecular weight is 231 g/mol. The van der Waals surface area contributed by atoms with Gasteiger partial charge in [0.2, 0.25) is 18.0 Å². The Morgan fingerprint density at radius 2 is 2.14 bits per heavy atom. The number of carbonyl (C=O) groups excluding carboxylic acids is 2. The molecule has 2 atom stereocenters. The summed E-state index contributed by atoms with van der Waals surface area (Å²) in [6, 6.07) is 0. The standard InChI is InChI=1S/C8H11N2O2S2/c11-5-9-3-8-1-2-14(13-4-8)7-10-6-12/h8H,1-4,7H2/q+1. The monoisotopic (exact) mass is 231 g/mol. The lowest BCUT2D eigenvalue weighted by Crippen LogP contribution is -2.22. The second-order valence-corrected chi connectivity index (χ2v) is 7.13. The van der Waals surface area contributed by atoms with Gasteiger partial charge in [0.15, 0.2) is 0 Å². The highest BCUT2D eigenvalue weighted by Gasteiger charge is 2.29. The van der Waals surface area contributed by atoms with E-state index in [0.29, 0.717) is 18.3 Å². The van der Waals surface area contributed by atoms with E-state index in [1.807, 2.05) is 10.8 Å². The summed E-state index contributed by atoms with van der Waals surface area (Å²) in [5.41, 5.74) is 0. The van der Waals surface area contributed by atoms with Crippen LogP contribution < -0.4 is 0 Å². The molecule has 0 aromatic heterocycles. The van der Waals surface area contributed by atoms with Gasteiger partial charge in [-0.2, -0.15) is 4.99 Å². The molecule has 2 unspecified atom stereocenters. The van der Waals surface area contributed by atoms with Gasteiger partial charge in [0.05, 0.1) is 27.3 Å². The smallest absolute Gasteiger partial charge is 0.211 e. The zero-order valence-corrected chi connectivity index (χ0v) is 9.27. The summed E-state index contributed by atoms with van der Waals surface area (Å²) in [6.07, 6.45) is 4.18. The van der Waals surface area contributed by atoms with Gasteiger partial charge in [0.25, 0.3) is 0 Å². The molecule has 0 saturated carbocycles. The highest BCUT2D eigenvalue weighted by molar-refractivity contribution is 8.74. The van der Waals surface area contributed by atoms with Crippen LogP contribution in [0.15, 0.2) is 9.98 Å². The lowest BCUT2D eigenvalue weighted by Gasteiger charge is -2.17. The summed E-state index contributed by atoms with van der Waals surface area (Å²) in [7, 11) is 2.00. The van der Waals surface area contributed by atoms with Crippen molar-refractivity contribution < 1.29 is 9.59 Å². The summed E-state index contributed by atoms with van der Waals surface area (Å²) in [5, 5.41) is 0. The Kier molecular flexibility index (Phi) is 5.64. The van der Waals surface area contributed by atoms with Gasteiger partial charge in [-0.05, 0) is 12.3 Å². The van der Waals surface area contributed by atoms with Gasteiger partial charge in [-0.3, -0.25) is 0 Å². The third-order valence-electron chi connectivity index (χ3n) is 1.91. The lowest BCUT2D eigenvalue weighted by molar-refractivity contribution is 0.549. The Morgan fingerprint density at radius 1 is 1.36 bits per heavy atom. The van der Waals surface area contributed by atoms with E-state index in [9.17, 15) is 9.59 Å². The summed E-state index contributed by atoms with van der Waals surface area (Å²) in [5.74, 6) is 3.15. The highest BCUT2D eigenvalue weighted by atomic mass is 33.1. The van der Waals surface area contributed by atoms with Crippen molar-refractivity contribution in [3.05, 3.63) is 0 Å². The van der Waals surface area contributed by atoms with Crippen LogP contribution in [0.25, 0.3) is 0 Å². The Hall–Kier alpha value is -0.540. The molecule has 14 heavy (non-hydrogen) atoms. The zero-order valence-electron chi connectivity index (χ0n) is 7.64. The molecule has 0 N–H and O–H groups in total. The minimum absolute atomic E-state index is 0.177. The van der Waals surface area contributed by atoms with Crippen LogP contribution in [-0.4, -0.2) is 36.1 Å². The van der Waals surface area contributed by atoms with Crippen molar-refractivity contribution in [3.63, 3.8) is 0 Å². The maximum absolute atomic E-state index is 9.90. The molecule has 1 saturated heterocycles. The molecule has 76 valence electrons. The summed E-state index contributed by atoms with van der Waals surface area (Å²) in [4.78, 5) is 27.0. The van der Waals surface area contributed by atoms with Crippen LogP contribution in [0.4, 0.5) is 0 Å². The maximum Gasteiger partial charge on any atom is 0.239 e. The molecule has 0 aromatic carbocycles. The van der Waals surface area contributed by atoms with E-state index in [2.05, 4.69) is 9.98 Å². The summed E-state index contributed by atoms with van der Waals surface area (Å²) >= 11 is 0.